The highest BCUT2D eigenvalue weighted by Crippen LogP contribution is 2.30. The average Bonchev–Trinajstić information content (AvgIpc) is 2.17. The van der Waals surface area contributed by atoms with Gasteiger partial charge in [-0.2, -0.15) is 0 Å². The summed E-state index contributed by atoms with van der Waals surface area (Å²) in [5, 5.41) is 7.53. The number of nitrogens with one attached hydrogen (secondary N) is 1. The quantitative estimate of drug-likeness (QED) is 0.567. The van der Waals surface area contributed by atoms with Crippen LogP contribution in [-0.4, -0.2) is 12.9 Å². The summed E-state index contributed by atoms with van der Waals surface area (Å²) in [5.41, 5.74) is 6.01. The van der Waals surface area contributed by atoms with Crippen molar-refractivity contribution in [2.75, 3.05) is 7.11 Å². The number of amidine groups is 1. The Morgan fingerprint density at radius 3 is 2.43 bits per heavy atom. The van der Waals surface area contributed by atoms with Crippen LogP contribution in [0.5, 0.6) is 5.75 Å². The summed E-state index contributed by atoms with van der Waals surface area (Å²) in [5.74, 6) is 0.912. The van der Waals surface area contributed by atoms with E-state index in [9.17, 15) is 0 Å². The molecule has 0 saturated carbocycles. The SMILES string of the molecule is COc1ccccc1C(C)(C)C(=N)N. The Balaban J connectivity index is 3.24. The van der Waals surface area contributed by atoms with Gasteiger partial charge in [0.15, 0.2) is 0 Å². The molecule has 0 amide bonds. The van der Waals surface area contributed by atoms with Crippen LogP contribution in [0.2, 0.25) is 0 Å². The lowest BCUT2D eigenvalue weighted by atomic mass is 9.83. The van der Waals surface area contributed by atoms with Gasteiger partial charge in [0.2, 0.25) is 0 Å². The molecule has 0 unspecified atom stereocenters. The molecule has 0 spiro atoms. The maximum Gasteiger partial charge on any atom is 0.123 e. The van der Waals surface area contributed by atoms with Crippen molar-refractivity contribution < 1.29 is 4.74 Å². The van der Waals surface area contributed by atoms with Crippen molar-refractivity contribution >= 4 is 5.84 Å². The minimum atomic E-state index is -0.480. The number of benzene rings is 1. The van der Waals surface area contributed by atoms with Crippen molar-refractivity contribution in [3.63, 3.8) is 0 Å². The van der Waals surface area contributed by atoms with E-state index in [4.69, 9.17) is 15.9 Å². The highest BCUT2D eigenvalue weighted by Gasteiger charge is 2.27. The Hall–Kier alpha value is -1.51. The molecule has 0 aliphatic rings. The van der Waals surface area contributed by atoms with Crippen LogP contribution < -0.4 is 10.5 Å². The lowest BCUT2D eigenvalue weighted by molar-refractivity contribution is 0.403. The van der Waals surface area contributed by atoms with E-state index < -0.39 is 5.41 Å². The van der Waals surface area contributed by atoms with Gasteiger partial charge in [0.25, 0.3) is 0 Å². The molecule has 0 bridgehead atoms. The largest absolute Gasteiger partial charge is 0.496 e. The van der Waals surface area contributed by atoms with E-state index in [-0.39, 0.29) is 5.84 Å². The van der Waals surface area contributed by atoms with E-state index in [2.05, 4.69) is 0 Å². The normalized spacial score (nSPS) is 11.1. The van der Waals surface area contributed by atoms with Crippen LogP contribution in [0.25, 0.3) is 0 Å². The molecule has 0 atom stereocenters. The summed E-state index contributed by atoms with van der Waals surface area (Å²) in [7, 11) is 1.62. The molecule has 14 heavy (non-hydrogen) atoms. The Morgan fingerprint density at radius 1 is 1.36 bits per heavy atom. The number of hydrogen-bond donors (Lipinski definition) is 2. The monoisotopic (exact) mass is 192 g/mol. The molecule has 0 aromatic heterocycles. The molecule has 0 saturated heterocycles. The molecular formula is C11H16N2O. The Bertz CT molecular complexity index is 345. The van der Waals surface area contributed by atoms with Gasteiger partial charge in [-0.1, -0.05) is 18.2 Å². The van der Waals surface area contributed by atoms with Crippen molar-refractivity contribution in [3.8, 4) is 5.75 Å². The van der Waals surface area contributed by atoms with Gasteiger partial charge in [-0.05, 0) is 19.9 Å². The Morgan fingerprint density at radius 2 is 1.93 bits per heavy atom. The molecular weight excluding hydrogens is 176 g/mol. The van der Waals surface area contributed by atoms with E-state index in [0.717, 1.165) is 11.3 Å². The fourth-order valence-electron chi connectivity index (χ4n) is 1.31. The smallest absolute Gasteiger partial charge is 0.123 e. The topological polar surface area (TPSA) is 59.1 Å². The number of hydrogen-bond acceptors (Lipinski definition) is 2. The molecule has 3 heteroatoms. The third-order valence-electron chi connectivity index (χ3n) is 2.45. The molecule has 3 N–H and O–H groups in total. The maximum absolute atomic E-state index is 7.53. The van der Waals surface area contributed by atoms with E-state index >= 15 is 0 Å². The highest BCUT2D eigenvalue weighted by atomic mass is 16.5. The number of nitrogens with two attached hydrogens (primary N) is 1. The first-order valence-corrected chi connectivity index (χ1v) is 4.48. The van der Waals surface area contributed by atoms with Crippen molar-refractivity contribution in [3.05, 3.63) is 29.8 Å². The number of ether oxygens (including phenoxy) is 1. The average molecular weight is 192 g/mol. The number of rotatable bonds is 3. The first-order valence-electron chi connectivity index (χ1n) is 4.48. The van der Waals surface area contributed by atoms with Crippen molar-refractivity contribution in [2.45, 2.75) is 19.3 Å². The standard InChI is InChI=1S/C11H16N2O/c1-11(2,10(12)13)8-6-4-5-7-9(8)14-3/h4-7H,1-3H3,(H3,12,13). The third kappa shape index (κ3) is 1.71. The zero-order valence-corrected chi connectivity index (χ0v) is 8.79. The van der Waals surface area contributed by atoms with Crippen LogP contribution in [0.1, 0.15) is 19.4 Å². The lowest BCUT2D eigenvalue weighted by Crippen LogP contribution is -2.35. The molecule has 0 aliphatic heterocycles. The Kier molecular flexibility index (Phi) is 2.79. The van der Waals surface area contributed by atoms with Gasteiger partial charge in [-0.15, -0.1) is 0 Å². The molecule has 0 fully saturated rings. The first-order chi connectivity index (χ1) is 6.50. The molecule has 1 aromatic carbocycles. The molecule has 3 nitrogen and oxygen atoms in total. The van der Waals surface area contributed by atoms with Crippen LogP contribution in [0.3, 0.4) is 0 Å². The van der Waals surface area contributed by atoms with Gasteiger partial charge < -0.3 is 10.5 Å². The van der Waals surface area contributed by atoms with E-state index in [1.54, 1.807) is 7.11 Å². The second-order valence-corrected chi connectivity index (χ2v) is 3.74. The van der Waals surface area contributed by atoms with E-state index in [1.165, 1.54) is 0 Å². The van der Waals surface area contributed by atoms with E-state index in [0.29, 0.717) is 0 Å². The summed E-state index contributed by atoms with van der Waals surface area (Å²) in [4.78, 5) is 0. The summed E-state index contributed by atoms with van der Waals surface area (Å²) < 4.78 is 5.23. The third-order valence-corrected chi connectivity index (χ3v) is 2.45. The van der Waals surface area contributed by atoms with Gasteiger partial charge in [-0.3, -0.25) is 5.41 Å². The fraction of sp³-hybridized carbons (Fsp3) is 0.364. The molecule has 0 radical (unpaired) electrons. The van der Waals surface area contributed by atoms with Gasteiger partial charge in [-0.25, -0.2) is 0 Å². The van der Waals surface area contributed by atoms with Crippen LogP contribution in [0.15, 0.2) is 24.3 Å². The minimum Gasteiger partial charge on any atom is -0.496 e. The molecule has 0 aliphatic carbocycles. The zero-order chi connectivity index (χ0) is 10.8. The molecule has 0 heterocycles. The second-order valence-electron chi connectivity index (χ2n) is 3.74. The van der Waals surface area contributed by atoms with Gasteiger partial charge >= 0.3 is 0 Å². The zero-order valence-electron chi connectivity index (χ0n) is 8.79. The predicted octanol–water partition coefficient (Wildman–Crippen LogP) is 1.91. The molecule has 76 valence electrons. The predicted molar refractivity (Wildman–Crippen MR) is 57.9 cm³/mol. The van der Waals surface area contributed by atoms with Crippen molar-refractivity contribution in [1.29, 1.82) is 5.41 Å². The van der Waals surface area contributed by atoms with Crippen LogP contribution >= 0.6 is 0 Å². The van der Waals surface area contributed by atoms with Crippen LogP contribution in [0, 0.1) is 5.41 Å². The van der Waals surface area contributed by atoms with Gasteiger partial charge in [0.1, 0.15) is 11.6 Å². The molecule has 1 rings (SSSR count). The number of para-hydroxylation sites is 1. The lowest BCUT2D eigenvalue weighted by Gasteiger charge is -2.25. The van der Waals surface area contributed by atoms with E-state index in [1.807, 2.05) is 38.1 Å². The highest BCUT2D eigenvalue weighted by molar-refractivity contribution is 5.88. The van der Waals surface area contributed by atoms with Crippen molar-refractivity contribution in [1.82, 2.24) is 0 Å². The maximum atomic E-state index is 7.53. The summed E-state index contributed by atoms with van der Waals surface area (Å²) in [6.45, 7) is 3.82. The summed E-state index contributed by atoms with van der Waals surface area (Å²) in [6.07, 6.45) is 0. The van der Waals surface area contributed by atoms with Crippen molar-refractivity contribution in [2.24, 2.45) is 5.73 Å². The van der Waals surface area contributed by atoms with Gasteiger partial charge in [0.05, 0.1) is 12.5 Å². The van der Waals surface area contributed by atoms with Crippen LogP contribution in [-0.2, 0) is 5.41 Å². The summed E-state index contributed by atoms with van der Waals surface area (Å²) >= 11 is 0. The molecule has 1 aromatic rings. The first kappa shape index (κ1) is 10.6. The van der Waals surface area contributed by atoms with Crippen LogP contribution in [0.4, 0.5) is 0 Å². The fourth-order valence-corrected chi connectivity index (χ4v) is 1.31. The minimum absolute atomic E-state index is 0.141. The Labute approximate surface area is 84.4 Å². The number of methoxy groups -OCH3 is 1. The van der Waals surface area contributed by atoms with Gasteiger partial charge in [0, 0.05) is 5.56 Å². The summed E-state index contributed by atoms with van der Waals surface area (Å²) in [6, 6.07) is 7.63. The second kappa shape index (κ2) is 3.70.